The lowest BCUT2D eigenvalue weighted by Gasteiger charge is -2.26. The molecular weight excluding hydrogens is 484 g/mol. The number of nitrogens with zero attached hydrogens (tertiary/aromatic N) is 2. The number of ether oxygens (including phenoxy) is 3. The fraction of sp³-hybridized carbons (Fsp3) is 0.267. The molecule has 0 bridgehead atoms. The Morgan fingerprint density at radius 1 is 0.974 bits per heavy atom. The number of anilines is 1. The number of rotatable bonds is 7. The lowest BCUT2D eigenvalue weighted by Crippen LogP contribution is -2.29. The summed E-state index contributed by atoms with van der Waals surface area (Å²) in [6, 6.07) is 19.3. The summed E-state index contributed by atoms with van der Waals surface area (Å²) in [6.45, 7) is 3.49. The minimum atomic E-state index is -0.772. The van der Waals surface area contributed by atoms with Crippen molar-refractivity contribution in [1.29, 1.82) is 0 Å². The molecule has 0 aromatic heterocycles. The number of benzene rings is 3. The average molecular weight is 515 g/mol. The highest BCUT2D eigenvalue weighted by Crippen LogP contribution is 2.42. The SMILES string of the molecule is CCOc1ccc(CN2C(=O)C(=O)/C(=C(\O)c3ccc4c(c3)OCCO4)C2c2ccc(N(C)C)cc2)cc1. The maximum Gasteiger partial charge on any atom is 0.295 e. The van der Waals surface area contributed by atoms with Crippen LogP contribution in [0.2, 0.25) is 0 Å². The first-order valence-electron chi connectivity index (χ1n) is 12.5. The number of hydrogen-bond acceptors (Lipinski definition) is 7. The van der Waals surface area contributed by atoms with Crippen LogP contribution in [0.15, 0.2) is 72.3 Å². The summed E-state index contributed by atoms with van der Waals surface area (Å²) in [7, 11) is 3.88. The van der Waals surface area contributed by atoms with Crippen molar-refractivity contribution in [2.24, 2.45) is 0 Å². The third kappa shape index (κ3) is 4.77. The molecule has 0 saturated carbocycles. The van der Waals surface area contributed by atoms with E-state index in [1.165, 1.54) is 4.90 Å². The monoisotopic (exact) mass is 514 g/mol. The van der Waals surface area contributed by atoms with Crippen LogP contribution in [0.25, 0.3) is 5.76 Å². The lowest BCUT2D eigenvalue weighted by atomic mass is 9.94. The summed E-state index contributed by atoms with van der Waals surface area (Å²) in [5.74, 6) is 0.129. The van der Waals surface area contributed by atoms with Crippen LogP contribution in [0.4, 0.5) is 5.69 Å². The zero-order chi connectivity index (χ0) is 26.8. The number of fused-ring (bicyclic) bond motifs is 1. The van der Waals surface area contributed by atoms with Gasteiger partial charge in [0.05, 0.1) is 18.2 Å². The second kappa shape index (κ2) is 10.5. The van der Waals surface area contributed by atoms with Gasteiger partial charge in [0, 0.05) is 31.9 Å². The molecule has 2 heterocycles. The van der Waals surface area contributed by atoms with Gasteiger partial charge in [-0.1, -0.05) is 24.3 Å². The molecule has 1 amide bonds. The first-order chi connectivity index (χ1) is 18.4. The van der Waals surface area contributed by atoms with E-state index < -0.39 is 17.7 Å². The third-order valence-electron chi connectivity index (χ3n) is 6.67. The van der Waals surface area contributed by atoms with Crippen molar-refractivity contribution in [3.63, 3.8) is 0 Å². The third-order valence-corrected chi connectivity index (χ3v) is 6.67. The Morgan fingerprint density at radius 3 is 2.32 bits per heavy atom. The minimum Gasteiger partial charge on any atom is -0.507 e. The second-order valence-electron chi connectivity index (χ2n) is 9.35. The van der Waals surface area contributed by atoms with Crippen LogP contribution in [0.1, 0.15) is 29.7 Å². The molecule has 2 aliphatic heterocycles. The van der Waals surface area contributed by atoms with Gasteiger partial charge in [-0.15, -0.1) is 0 Å². The highest BCUT2D eigenvalue weighted by atomic mass is 16.6. The number of amides is 1. The van der Waals surface area contributed by atoms with Gasteiger partial charge in [0.25, 0.3) is 11.7 Å². The molecule has 1 fully saturated rings. The molecule has 0 aliphatic carbocycles. The number of carbonyl (C=O) groups is 2. The van der Waals surface area contributed by atoms with Gasteiger partial charge in [0.2, 0.25) is 0 Å². The van der Waals surface area contributed by atoms with Crippen LogP contribution in [0.5, 0.6) is 17.2 Å². The predicted molar refractivity (Wildman–Crippen MR) is 144 cm³/mol. The van der Waals surface area contributed by atoms with E-state index in [1.54, 1.807) is 18.2 Å². The molecule has 38 heavy (non-hydrogen) atoms. The van der Waals surface area contributed by atoms with Crippen LogP contribution in [0, 0.1) is 0 Å². The van der Waals surface area contributed by atoms with Crippen LogP contribution in [-0.4, -0.2) is 55.6 Å². The van der Waals surface area contributed by atoms with Crippen molar-refractivity contribution in [1.82, 2.24) is 4.90 Å². The molecule has 3 aromatic carbocycles. The molecule has 1 saturated heterocycles. The van der Waals surface area contributed by atoms with Crippen molar-refractivity contribution < 1.29 is 28.9 Å². The van der Waals surface area contributed by atoms with E-state index >= 15 is 0 Å². The lowest BCUT2D eigenvalue weighted by molar-refractivity contribution is -0.140. The Morgan fingerprint density at radius 2 is 1.66 bits per heavy atom. The number of hydrogen-bond donors (Lipinski definition) is 1. The molecule has 3 aromatic rings. The van der Waals surface area contributed by atoms with Gasteiger partial charge in [-0.3, -0.25) is 9.59 Å². The van der Waals surface area contributed by atoms with Crippen molar-refractivity contribution in [3.05, 3.63) is 89.0 Å². The first-order valence-corrected chi connectivity index (χ1v) is 12.5. The predicted octanol–water partition coefficient (Wildman–Crippen LogP) is 4.54. The maximum absolute atomic E-state index is 13.4. The summed E-state index contributed by atoms with van der Waals surface area (Å²) in [5.41, 5.74) is 2.95. The number of aliphatic hydroxyl groups excluding tert-OH is 1. The van der Waals surface area contributed by atoms with Crippen molar-refractivity contribution in [2.45, 2.75) is 19.5 Å². The Balaban J connectivity index is 1.58. The quantitative estimate of drug-likeness (QED) is 0.281. The molecule has 5 rings (SSSR count). The summed E-state index contributed by atoms with van der Waals surface area (Å²) in [6.07, 6.45) is 0. The van der Waals surface area contributed by atoms with Gasteiger partial charge in [-0.2, -0.15) is 0 Å². The van der Waals surface area contributed by atoms with Gasteiger partial charge in [0.1, 0.15) is 24.7 Å². The molecule has 1 N–H and O–H groups in total. The molecule has 8 nitrogen and oxygen atoms in total. The van der Waals surface area contributed by atoms with E-state index in [2.05, 4.69) is 0 Å². The van der Waals surface area contributed by atoms with Gasteiger partial charge in [-0.25, -0.2) is 0 Å². The van der Waals surface area contributed by atoms with Gasteiger partial charge >= 0.3 is 0 Å². The first kappa shape index (κ1) is 25.2. The van der Waals surface area contributed by atoms with E-state index in [0.717, 1.165) is 22.6 Å². The van der Waals surface area contributed by atoms with Crippen LogP contribution >= 0.6 is 0 Å². The zero-order valence-corrected chi connectivity index (χ0v) is 21.6. The van der Waals surface area contributed by atoms with Crippen molar-refractivity contribution >= 4 is 23.1 Å². The van der Waals surface area contributed by atoms with Crippen LogP contribution in [-0.2, 0) is 16.1 Å². The van der Waals surface area contributed by atoms with Crippen LogP contribution in [0.3, 0.4) is 0 Å². The molecule has 1 unspecified atom stereocenters. The van der Waals surface area contributed by atoms with E-state index in [0.29, 0.717) is 36.9 Å². The van der Waals surface area contributed by atoms with Gasteiger partial charge < -0.3 is 29.1 Å². The fourth-order valence-corrected chi connectivity index (χ4v) is 4.75. The number of aliphatic hydroxyl groups is 1. The summed E-state index contributed by atoms with van der Waals surface area (Å²) in [5, 5.41) is 11.4. The number of Topliss-reactive ketones (excluding diaryl/α,β-unsaturated/α-hetero) is 1. The Kier molecular flexibility index (Phi) is 6.96. The Hall–Kier alpha value is -4.46. The van der Waals surface area contributed by atoms with Gasteiger partial charge in [-0.05, 0) is 60.5 Å². The zero-order valence-electron chi connectivity index (χ0n) is 21.6. The number of ketones is 1. The highest BCUT2D eigenvalue weighted by Gasteiger charge is 2.46. The second-order valence-corrected chi connectivity index (χ2v) is 9.35. The molecule has 8 heteroatoms. The summed E-state index contributed by atoms with van der Waals surface area (Å²) in [4.78, 5) is 30.3. The van der Waals surface area contributed by atoms with Crippen molar-refractivity contribution in [2.75, 3.05) is 38.8 Å². The van der Waals surface area contributed by atoms with E-state index in [9.17, 15) is 14.7 Å². The maximum atomic E-state index is 13.4. The highest BCUT2D eigenvalue weighted by molar-refractivity contribution is 6.46. The Bertz CT molecular complexity index is 1380. The van der Waals surface area contributed by atoms with Crippen molar-refractivity contribution in [3.8, 4) is 17.2 Å². The van der Waals surface area contributed by atoms with E-state index in [4.69, 9.17) is 14.2 Å². The summed E-state index contributed by atoms with van der Waals surface area (Å²) < 4.78 is 16.8. The number of carbonyl (C=O) groups excluding carboxylic acids is 2. The smallest absolute Gasteiger partial charge is 0.295 e. The minimum absolute atomic E-state index is 0.0372. The average Bonchev–Trinajstić information content (AvgIpc) is 3.18. The fourth-order valence-electron chi connectivity index (χ4n) is 4.75. The molecule has 0 radical (unpaired) electrons. The molecule has 196 valence electrons. The molecular formula is C30H30N2O6. The van der Waals surface area contributed by atoms with E-state index in [-0.39, 0.29) is 17.9 Å². The Labute approximate surface area is 221 Å². The number of likely N-dealkylation sites (tertiary alicyclic amines) is 1. The molecule has 2 aliphatic rings. The molecule has 0 spiro atoms. The topological polar surface area (TPSA) is 88.5 Å². The van der Waals surface area contributed by atoms with E-state index in [1.807, 2.05) is 74.4 Å². The largest absolute Gasteiger partial charge is 0.507 e. The molecule has 1 atom stereocenters. The normalized spacial score (nSPS) is 18.0. The van der Waals surface area contributed by atoms with Crippen LogP contribution < -0.4 is 19.1 Å². The standard InChI is InChI=1S/C30H30N2O6/c1-4-36-23-12-5-19(6-13-23)18-32-27(20-7-10-22(11-8-20)31(2)3)26(29(34)30(32)35)28(33)21-9-14-24-25(17-21)38-16-15-37-24/h5-14,17,27,33H,4,15-16,18H2,1-3H3/b28-26-. The summed E-state index contributed by atoms with van der Waals surface area (Å²) >= 11 is 0. The van der Waals surface area contributed by atoms with Gasteiger partial charge in [0.15, 0.2) is 11.5 Å².